The van der Waals surface area contributed by atoms with Crippen LogP contribution in [0.3, 0.4) is 0 Å². The molecule has 0 unspecified atom stereocenters. The Morgan fingerprint density at radius 1 is 0.310 bits per heavy atom. The maximum absolute atomic E-state index is 12.3. The minimum Gasteiger partial charge on any atom is -0.462 e. The predicted molar refractivity (Wildman–Crippen MR) is 226 cm³/mol. The molecule has 58 heavy (non-hydrogen) atoms. The second-order valence-corrected chi connectivity index (χ2v) is 14.1. The zero-order chi connectivity index (χ0) is 41.3. The average Bonchev–Trinajstić information content (AvgIpc) is 3.24. The van der Waals surface area contributed by atoms with Gasteiger partial charge in [0.2, 0.25) is 0 Å². The summed E-state index contributed by atoms with van der Waals surface area (Å²) < 4.78 is 20.7. The lowest BCUT2D eigenvalue weighted by atomic mass is 9.87. The highest BCUT2D eigenvalue weighted by molar-refractivity contribution is 5.90. The minimum absolute atomic E-state index is 0.322. The summed E-state index contributed by atoms with van der Waals surface area (Å²) in [6, 6.07) is 35.4. The molecule has 0 heterocycles. The SMILES string of the molecule is CCOC(=O)c1ccc(CCc2cc(CCc3ccc(C(=O)OCC)cc3)c(CCc3ccc(C(=O)OCC)cc3)cc2CCc2ccc(C(=O)OCC)cc2)cc1. The van der Waals surface area contributed by atoms with Crippen molar-refractivity contribution in [1.82, 2.24) is 0 Å². The van der Waals surface area contributed by atoms with Gasteiger partial charge in [-0.1, -0.05) is 60.7 Å². The van der Waals surface area contributed by atoms with Gasteiger partial charge < -0.3 is 18.9 Å². The van der Waals surface area contributed by atoms with Gasteiger partial charge in [0.1, 0.15) is 0 Å². The van der Waals surface area contributed by atoms with E-state index in [1.807, 2.05) is 97.1 Å². The zero-order valence-electron chi connectivity index (χ0n) is 34.1. The molecule has 0 radical (unpaired) electrons. The van der Waals surface area contributed by atoms with Crippen LogP contribution in [0.25, 0.3) is 0 Å². The largest absolute Gasteiger partial charge is 0.462 e. The topological polar surface area (TPSA) is 105 Å². The lowest BCUT2D eigenvalue weighted by Crippen LogP contribution is -2.08. The molecule has 5 rings (SSSR count). The van der Waals surface area contributed by atoms with E-state index in [1.165, 1.54) is 22.3 Å². The van der Waals surface area contributed by atoms with Gasteiger partial charge in [-0.2, -0.15) is 0 Å². The quantitative estimate of drug-likeness (QED) is 0.0568. The highest BCUT2D eigenvalue weighted by Crippen LogP contribution is 2.25. The first-order valence-electron chi connectivity index (χ1n) is 20.4. The normalized spacial score (nSPS) is 10.8. The van der Waals surface area contributed by atoms with E-state index in [4.69, 9.17) is 18.9 Å². The summed E-state index contributed by atoms with van der Waals surface area (Å²) in [4.78, 5) is 49.1. The van der Waals surface area contributed by atoms with Crippen molar-refractivity contribution in [3.8, 4) is 0 Å². The van der Waals surface area contributed by atoms with Crippen LogP contribution in [-0.4, -0.2) is 50.3 Å². The maximum atomic E-state index is 12.3. The lowest BCUT2D eigenvalue weighted by Gasteiger charge is -2.18. The highest BCUT2D eigenvalue weighted by atomic mass is 16.5. The molecule has 0 N–H and O–H groups in total. The van der Waals surface area contributed by atoms with Gasteiger partial charge in [-0.3, -0.25) is 0 Å². The van der Waals surface area contributed by atoms with Crippen LogP contribution in [0.1, 0.15) is 114 Å². The van der Waals surface area contributed by atoms with Crippen molar-refractivity contribution in [2.45, 2.75) is 79.1 Å². The van der Waals surface area contributed by atoms with Gasteiger partial charge in [-0.05, 0) is 172 Å². The van der Waals surface area contributed by atoms with Crippen molar-refractivity contribution in [1.29, 1.82) is 0 Å². The Labute approximate surface area is 342 Å². The fourth-order valence-corrected chi connectivity index (χ4v) is 6.93. The minimum atomic E-state index is -0.322. The predicted octanol–water partition coefficient (Wildman–Crippen LogP) is 9.53. The summed E-state index contributed by atoms with van der Waals surface area (Å²) in [6.45, 7) is 8.53. The molecule has 8 heteroatoms. The second-order valence-electron chi connectivity index (χ2n) is 14.1. The highest BCUT2D eigenvalue weighted by Gasteiger charge is 2.15. The third kappa shape index (κ3) is 12.5. The molecule has 0 aliphatic carbocycles. The first kappa shape index (κ1) is 43.1. The standard InChI is InChI=1S/C50H54O8/c1-5-55-47(51)39-21-9-35(10-22-39)17-29-43-33-45(31-19-37-13-25-41(26-14-37)49(53)57-7-3)46(32-20-38-15-27-42(28-16-38)50(54)58-8-4)34-44(43)30-18-36-11-23-40(24-12-36)48(52)56-6-2/h9-16,21-28,33-34H,5-8,17-20,29-32H2,1-4H3. The molecule has 0 aromatic heterocycles. The number of hydrogen-bond donors (Lipinski definition) is 0. The van der Waals surface area contributed by atoms with E-state index in [0.717, 1.165) is 73.6 Å². The van der Waals surface area contributed by atoms with E-state index in [1.54, 1.807) is 27.7 Å². The van der Waals surface area contributed by atoms with E-state index in [0.29, 0.717) is 48.7 Å². The summed E-state index contributed by atoms with van der Waals surface area (Å²) in [5, 5.41) is 0. The van der Waals surface area contributed by atoms with Crippen LogP contribution in [0.5, 0.6) is 0 Å². The maximum Gasteiger partial charge on any atom is 0.338 e. The Bertz CT molecular complexity index is 1810. The Morgan fingerprint density at radius 2 is 0.500 bits per heavy atom. The van der Waals surface area contributed by atoms with Crippen LogP contribution >= 0.6 is 0 Å². The van der Waals surface area contributed by atoms with Gasteiger partial charge in [0.05, 0.1) is 48.7 Å². The molecule has 0 saturated carbocycles. The van der Waals surface area contributed by atoms with E-state index < -0.39 is 0 Å². The van der Waals surface area contributed by atoms with E-state index in [-0.39, 0.29) is 23.9 Å². The van der Waals surface area contributed by atoms with E-state index in [9.17, 15) is 19.2 Å². The first-order chi connectivity index (χ1) is 28.2. The Balaban J connectivity index is 1.44. The van der Waals surface area contributed by atoms with Crippen molar-refractivity contribution in [3.05, 3.63) is 176 Å². The molecular weight excluding hydrogens is 729 g/mol. The number of carbonyl (C=O) groups is 4. The van der Waals surface area contributed by atoms with E-state index in [2.05, 4.69) is 12.1 Å². The van der Waals surface area contributed by atoms with Gasteiger partial charge in [0.15, 0.2) is 0 Å². The third-order valence-corrected chi connectivity index (χ3v) is 10.1. The molecule has 0 saturated heterocycles. The molecular formula is C50H54O8. The molecule has 0 fully saturated rings. The van der Waals surface area contributed by atoms with Crippen LogP contribution < -0.4 is 0 Å². The van der Waals surface area contributed by atoms with Crippen LogP contribution in [0.4, 0.5) is 0 Å². The number of esters is 4. The van der Waals surface area contributed by atoms with Crippen molar-refractivity contribution >= 4 is 23.9 Å². The summed E-state index contributed by atoms with van der Waals surface area (Å²) in [6.07, 6.45) is 6.44. The van der Waals surface area contributed by atoms with Crippen LogP contribution in [0, 0.1) is 0 Å². The number of ether oxygens (including phenoxy) is 4. The van der Waals surface area contributed by atoms with Crippen molar-refractivity contribution in [2.75, 3.05) is 26.4 Å². The fourth-order valence-electron chi connectivity index (χ4n) is 6.93. The van der Waals surface area contributed by atoms with Gasteiger partial charge in [0, 0.05) is 0 Å². The number of rotatable bonds is 20. The fraction of sp³-hybridized carbons (Fsp3) is 0.320. The van der Waals surface area contributed by atoms with Crippen molar-refractivity contribution in [2.24, 2.45) is 0 Å². The van der Waals surface area contributed by atoms with Crippen LogP contribution in [0.2, 0.25) is 0 Å². The molecule has 0 bridgehead atoms. The van der Waals surface area contributed by atoms with Gasteiger partial charge in [0.25, 0.3) is 0 Å². The molecule has 302 valence electrons. The smallest absolute Gasteiger partial charge is 0.338 e. The Morgan fingerprint density at radius 3 is 0.672 bits per heavy atom. The summed E-state index contributed by atoms with van der Waals surface area (Å²) >= 11 is 0. The van der Waals surface area contributed by atoms with Gasteiger partial charge >= 0.3 is 23.9 Å². The molecule has 5 aromatic carbocycles. The van der Waals surface area contributed by atoms with Gasteiger partial charge in [-0.15, -0.1) is 0 Å². The third-order valence-electron chi connectivity index (χ3n) is 10.1. The van der Waals surface area contributed by atoms with Crippen molar-refractivity contribution < 1.29 is 38.1 Å². The first-order valence-corrected chi connectivity index (χ1v) is 20.4. The average molecular weight is 783 g/mol. The number of benzene rings is 5. The molecule has 0 atom stereocenters. The molecule has 0 spiro atoms. The Hall–Kier alpha value is -6.02. The molecule has 0 amide bonds. The Kier molecular flexibility index (Phi) is 16.4. The van der Waals surface area contributed by atoms with E-state index >= 15 is 0 Å². The zero-order valence-corrected chi connectivity index (χ0v) is 34.1. The number of carbonyl (C=O) groups excluding carboxylic acids is 4. The molecule has 0 aliphatic rings. The van der Waals surface area contributed by atoms with Crippen molar-refractivity contribution in [3.63, 3.8) is 0 Å². The summed E-state index contributed by atoms with van der Waals surface area (Å²) in [5.41, 5.74) is 11.8. The summed E-state index contributed by atoms with van der Waals surface area (Å²) in [5.74, 6) is -1.29. The monoisotopic (exact) mass is 782 g/mol. The number of hydrogen-bond acceptors (Lipinski definition) is 8. The molecule has 5 aromatic rings. The van der Waals surface area contributed by atoms with Crippen LogP contribution in [-0.2, 0) is 70.3 Å². The molecule has 0 aliphatic heterocycles. The number of aryl methyl sites for hydroxylation is 8. The second kappa shape index (κ2) is 22.1. The molecule has 8 nitrogen and oxygen atoms in total. The van der Waals surface area contributed by atoms with Gasteiger partial charge in [-0.25, -0.2) is 19.2 Å². The summed E-state index contributed by atoms with van der Waals surface area (Å²) in [7, 11) is 0. The lowest BCUT2D eigenvalue weighted by molar-refractivity contribution is 0.0516. The van der Waals surface area contributed by atoms with Crippen LogP contribution in [0.15, 0.2) is 109 Å².